The van der Waals surface area contributed by atoms with E-state index in [1.54, 1.807) is 10.9 Å². The maximum absolute atomic E-state index is 11.4. The average Bonchev–Trinajstić information content (AvgIpc) is 2.53. The van der Waals surface area contributed by atoms with E-state index in [0.717, 1.165) is 18.8 Å². The van der Waals surface area contributed by atoms with Crippen molar-refractivity contribution in [3.8, 4) is 0 Å². The molecule has 1 aromatic rings. The fourth-order valence-corrected chi connectivity index (χ4v) is 2.14. The number of carbonyl (C=O) groups is 1. The zero-order chi connectivity index (χ0) is 9.26. The first kappa shape index (κ1) is 8.69. The van der Waals surface area contributed by atoms with Crippen molar-refractivity contribution < 1.29 is 4.79 Å². The van der Waals surface area contributed by atoms with E-state index in [-0.39, 0.29) is 5.91 Å². The number of hydrogen-bond donors (Lipinski definition) is 1. The topological polar surface area (TPSA) is 42.0 Å². The lowest BCUT2D eigenvalue weighted by molar-refractivity contribution is 0.0891. The summed E-state index contributed by atoms with van der Waals surface area (Å²) in [6.07, 6.45) is 2.21. The van der Waals surface area contributed by atoms with E-state index in [2.05, 4.69) is 17.2 Å². The van der Waals surface area contributed by atoms with Gasteiger partial charge >= 0.3 is 0 Å². The number of carbonyl (C=O) groups excluding carboxylic acids is 1. The van der Waals surface area contributed by atoms with E-state index in [9.17, 15) is 4.79 Å². The van der Waals surface area contributed by atoms with Crippen LogP contribution in [-0.4, -0.2) is 16.9 Å². The Balaban J connectivity index is 1.86. The average molecular weight is 196 g/mol. The lowest BCUT2D eigenvalue weighted by atomic mass is 9.82. The van der Waals surface area contributed by atoms with Crippen LogP contribution in [0, 0.1) is 5.92 Å². The van der Waals surface area contributed by atoms with Crippen molar-refractivity contribution in [3.63, 3.8) is 0 Å². The third-order valence-electron chi connectivity index (χ3n) is 2.37. The van der Waals surface area contributed by atoms with Gasteiger partial charge < -0.3 is 5.32 Å². The van der Waals surface area contributed by atoms with Crippen LogP contribution >= 0.6 is 11.3 Å². The summed E-state index contributed by atoms with van der Waals surface area (Å²) >= 11 is 1.45. The zero-order valence-corrected chi connectivity index (χ0v) is 8.30. The molecular formula is C9H12N2OS. The molecule has 0 aromatic carbocycles. The van der Waals surface area contributed by atoms with E-state index in [4.69, 9.17) is 0 Å². The van der Waals surface area contributed by atoms with Gasteiger partial charge in [0.05, 0.1) is 5.51 Å². The predicted molar refractivity (Wildman–Crippen MR) is 51.8 cm³/mol. The highest BCUT2D eigenvalue weighted by Gasteiger charge is 2.27. The molecule has 70 valence electrons. The molecule has 1 amide bonds. The van der Waals surface area contributed by atoms with Crippen LogP contribution < -0.4 is 5.32 Å². The summed E-state index contributed by atoms with van der Waals surface area (Å²) in [5, 5.41) is 4.73. The molecule has 0 bridgehead atoms. The zero-order valence-electron chi connectivity index (χ0n) is 7.49. The van der Waals surface area contributed by atoms with Crippen molar-refractivity contribution in [2.24, 2.45) is 5.92 Å². The number of thiazole rings is 1. The van der Waals surface area contributed by atoms with Gasteiger partial charge in [-0.1, -0.05) is 6.92 Å². The fraction of sp³-hybridized carbons (Fsp3) is 0.556. The smallest absolute Gasteiger partial charge is 0.270 e. The van der Waals surface area contributed by atoms with E-state index in [1.165, 1.54) is 11.3 Å². The second kappa shape index (κ2) is 3.46. The molecular weight excluding hydrogens is 184 g/mol. The largest absolute Gasteiger partial charge is 0.348 e. The van der Waals surface area contributed by atoms with Gasteiger partial charge in [0.15, 0.2) is 0 Å². The highest BCUT2D eigenvalue weighted by atomic mass is 32.1. The summed E-state index contributed by atoms with van der Waals surface area (Å²) in [5.74, 6) is 0.735. The number of nitrogens with zero attached hydrogens (tertiary/aromatic N) is 1. The summed E-state index contributed by atoms with van der Waals surface area (Å²) < 4.78 is 0. The van der Waals surface area contributed by atoms with Gasteiger partial charge in [0, 0.05) is 11.4 Å². The Morgan fingerprint density at radius 2 is 2.46 bits per heavy atom. The minimum absolute atomic E-state index is 0.0295. The van der Waals surface area contributed by atoms with Crippen molar-refractivity contribution >= 4 is 17.2 Å². The van der Waals surface area contributed by atoms with Gasteiger partial charge in [-0.05, 0) is 18.8 Å². The van der Waals surface area contributed by atoms with Crippen LogP contribution in [0.2, 0.25) is 0 Å². The molecule has 4 heteroatoms. The van der Waals surface area contributed by atoms with Crippen LogP contribution in [0.1, 0.15) is 30.3 Å². The van der Waals surface area contributed by atoms with E-state index in [1.807, 2.05) is 0 Å². The molecule has 0 radical (unpaired) electrons. The van der Waals surface area contributed by atoms with Gasteiger partial charge in [-0.25, -0.2) is 4.98 Å². The molecule has 0 aliphatic heterocycles. The number of amides is 1. The Kier molecular flexibility index (Phi) is 2.31. The quantitative estimate of drug-likeness (QED) is 0.781. The molecule has 0 saturated heterocycles. The van der Waals surface area contributed by atoms with Crippen LogP contribution in [0.3, 0.4) is 0 Å². The van der Waals surface area contributed by atoms with Crippen molar-refractivity contribution in [2.45, 2.75) is 25.8 Å². The Hall–Kier alpha value is -0.900. The summed E-state index contributed by atoms with van der Waals surface area (Å²) in [6.45, 7) is 2.20. The van der Waals surface area contributed by atoms with Crippen LogP contribution in [0.4, 0.5) is 0 Å². The number of nitrogens with one attached hydrogen (secondary N) is 1. The molecule has 1 saturated carbocycles. The molecule has 3 nitrogen and oxygen atoms in total. The van der Waals surface area contributed by atoms with Crippen LogP contribution in [-0.2, 0) is 0 Å². The summed E-state index contributed by atoms with van der Waals surface area (Å²) in [4.78, 5) is 15.4. The Bertz CT molecular complexity index is 291. The highest BCUT2D eigenvalue weighted by molar-refractivity contribution is 7.07. The van der Waals surface area contributed by atoms with Gasteiger partial charge in [0.25, 0.3) is 5.91 Å². The van der Waals surface area contributed by atoms with E-state index >= 15 is 0 Å². The van der Waals surface area contributed by atoms with Gasteiger partial charge in [-0.2, -0.15) is 0 Å². The SMILES string of the molecule is CC1CC(NC(=O)c2cscn2)C1. The highest BCUT2D eigenvalue weighted by Crippen LogP contribution is 2.26. The maximum Gasteiger partial charge on any atom is 0.270 e. The molecule has 1 heterocycles. The summed E-state index contributed by atoms with van der Waals surface area (Å²) in [5.41, 5.74) is 2.22. The molecule has 1 aliphatic rings. The molecule has 2 rings (SSSR count). The number of hydrogen-bond acceptors (Lipinski definition) is 3. The number of aromatic nitrogens is 1. The first-order chi connectivity index (χ1) is 6.25. The minimum atomic E-state index is -0.0295. The first-order valence-electron chi connectivity index (χ1n) is 4.45. The van der Waals surface area contributed by atoms with Gasteiger partial charge in [0.1, 0.15) is 5.69 Å². The molecule has 0 atom stereocenters. The van der Waals surface area contributed by atoms with Crippen LogP contribution in [0.15, 0.2) is 10.9 Å². The lowest BCUT2D eigenvalue weighted by Crippen LogP contribution is -2.43. The third kappa shape index (κ3) is 1.88. The van der Waals surface area contributed by atoms with Crippen LogP contribution in [0.5, 0.6) is 0 Å². The van der Waals surface area contributed by atoms with Crippen molar-refractivity contribution in [2.75, 3.05) is 0 Å². The monoisotopic (exact) mass is 196 g/mol. The summed E-state index contributed by atoms with van der Waals surface area (Å²) in [7, 11) is 0. The molecule has 1 aromatic heterocycles. The van der Waals surface area contributed by atoms with Crippen molar-refractivity contribution in [1.29, 1.82) is 0 Å². The Morgan fingerprint density at radius 1 is 1.69 bits per heavy atom. The van der Waals surface area contributed by atoms with Gasteiger partial charge in [0.2, 0.25) is 0 Å². The minimum Gasteiger partial charge on any atom is -0.348 e. The number of rotatable bonds is 2. The Labute approximate surface area is 81.2 Å². The van der Waals surface area contributed by atoms with E-state index < -0.39 is 0 Å². The summed E-state index contributed by atoms with van der Waals surface area (Å²) in [6, 6.07) is 0.379. The molecule has 1 N–H and O–H groups in total. The second-order valence-electron chi connectivity index (χ2n) is 3.62. The van der Waals surface area contributed by atoms with E-state index in [0.29, 0.717) is 11.7 Å². The molecule has 0 unspecified atom stereocenters. The van der Waals surface area contributed by atoms with Crippen molar-refractivity contribution in [3.05, 3.63) is 16.6 Å². The van der Waals surface area contributed by atoms with Gasteiger partial charge in [-0.15, -0.1) is 11.3 Å². The fourth-order valence-electron chi connectivity index (χ4n) is 1.60. The normalized spacial score (nSPS) is 26.5. The van der Waals surface area contributed by atoms with Gasteiger partial charge in [-0.3, -0.25) is 4.79 Å². The lowest BCUT2D eigenvalue weighted by Gasteiger charge is -2.32. The van der Waals surface area contributed by atoms with Crippen molar-refractivity contribution in [1.82, 2.24) is 10.3 Å². The third-order valence-corrected chi connectivity index (χ3v) is 2.96. The van der Waals surface area contributed by atoms with Crippen LogP contribution in [0.25, 0.3) is 0 Å². The predicted octanol–water partition coefficient (Wildman–Crippen LogP) is 1.67. The second-order valence-corrected chi connectivity index (χ2v) is 4.34. The molecule has 1 fully saturated rings. The Morgan fingerprint density at radius 3 is 3.00 bits per heavy atom. The molecule has 0 spiro atoms. The molecule has 13 heavy (non-hydrogen) atoms. The maximum atomic E-state index is 11.4. The standard InChI is InChI=1S/C9H12N2OS/c1-6-2-7(3-6)11-9(12)8-4-13-5-10-8/h4-7H,2-3H2,1H3,(H,11,12). The molecule has 1 aliphatic carbocycles. The first-order valence-corrected chi connectivity index (χ1v) is 5.39.